The maximum Gasteiger partial charge on any atom is 0.339 e. The minimum atomic E-state index is -1.31. The van der Waals surface area contributed by atoms with Crippen molar-refractivity contribution in [3.05, 3.63) is 23.6 Å². The van der Waals surface area contributed by atoms with Crippen molar-refractivity contribution in [1.82, 2.24) is 10.3 Å². The first-order valence-corrected chi connectivity index (χ1v) is 5.79. The number of pyridine rings is 1. The largest absolute Gasteiger partial charge is 0.478 e. The third-order valence-corrected chi connectivity index (χ3v) is 2.21. The summed E-state index contributed by atoms with van der Waals surface area (Å²) in [4.78, 5) is 26.0. The number of carboxylic acid groups (broad SMARTS) is 1. The van der Waals surface area contributed by atoms with Crippen LogP contribution in [0, 0.1) is 11.7 Å². The molecule has 0 saturated heterocycles. The van der Waals surface area contributed by atoms with Crippen LogP contribution in [0.1, 0.15) is 24.2 Å². The second-order valence-electron chi connectivity index (χ2n) is 4.41. The third-order valence-electron chi connectivity index (χ3n) is 2.21. The van der Waals surface area contributed by atoms with E-state index in [-0.39, 0.29) is 23.8 Å². The zero-order valence-electron chi connectivity index (χ0n) is 10.7. The van der Waals surface area contributed by atoms with Crippen molar-refractivity contribution in [2.45, 2.75) is 13.8 Å². The summed E-state index contributed by atoms with van der Waals surface area (Å²) in [5.41, 5.74) is -0.309. The van der Waals surface area contributed by atoms with E-state index in [1.54, 1.807) is 0 Å². The van der Waals surface area contributed by atoms with E-state index in [1.807, 2.05) is 13.8 Å². The van der Waals surface area contributed by atoms with Gasteiger partial charge in [-0.05, 0) is 12.0 Å². The molecule has 0 spiro atoms. The fraction of sp³-hybridized carbons (Fsp3) is 0.417. The van der Waals surface area contributed by atoms with Gasteiger partial charge in [0, 0.05) is 6.54 Å². The molecule has 0 aliphatic carbocycles. The molecule has 1 aromatic rings. The van der Waals surface area contributed by atoms with Crippen LogP contribution in [0.15, 0.2) is 12.3 Å². The highest BCUT2D eigenvalue weighted by atomic mass is 19.1. The monoisotopic (exact) mass is 269 g/mol. The number of rotatable bonds is 6. The van der Waals surface area contributed by atoms with Gasteiger partial charge in [0.05, 0.1) is 12.7 Å². The Labute approximate surface area is 110 Å². The Morgan fingerprint density at radius 2 is 2.16 bits per heavy atom. The molecule has 0 bridgehead atoms. The van der Waals surface area contributed by atoms with Gasteiger partial charge in [0.15, 0.2) is 0 Å². The Morgan fingerprint density at radius 1 is 1.47 bits per heavy atom. The summed E-state index contributed by atoms with van der Waals surface area (Å²) in [6, 6.07) is 0.851. The number of aromatic nitrogens is 1. The first-order valence-electron chi connectivity index (χ1n) is 5.79. The normalized spacial score (nSPS) is 10.3. The molecule has 0 fully saturated rings. The van der Waals surface area contributed by atoms with Crippen molar-refractivity contribution in [2.24, 2.45) is 5.92 Å². The molecule has 3 N–H and O–H groups in total. The van der Waals surface area contributed by atoms with Gasteiger partial charge in [0.1, 0.15) is 17.2 Å². The van der Waals surface area contributed by atoms with Crippen LogP contribution in [-0.2, 0) is 4.79 Å². The van der Waals surface area contributed by atoms with E-state index in [4.69, 9.17) is 5.11 Å². The van der Waals surface area contributed by atoms with Crippen molar-refractivity contribution in [1.29, 1.82) is 0 Å². The molecule has 0 saturated carbocycles. The molecule has 0 aliphatic rings. The van der Waals surface area contributed by atoms with E-state index in [1.165, 1.54) is 0 Å². The number of hydrogen-bond donors (Lipinski definition) is 3. The number of amides is 1. The van der Waals surface area contributed by atoms with E-state index in [2.05, 4.69) is 15.6 Å². The number of hydrogen-bond acceptors (Lipinski definition) is 4. The lowest BCUT2D eigenvalue weighted by molar-refractivity contribution is -0.119. The standard InChI is InChI=1S/C12H16FN3O3/c1-7(2)4-14-10(17)6-16-11-9(12(18)19)3-8(13)5-15-11/h3,5,7H,4,6H2,1-2H3,(H,14,17)(H,15,16)(H,18,19). The van der Waals surface area contributed by atoms with E-state index < -0.39 is 11.8 Å². The van der Waals surface area contributed by atoms with Crippen LogP contribution < -0.4 is 10.6 Å². The molecule has 0 atom stereocenters. The summed E-state index contributed by atoms with van der Waals surface area (Å²) in [6.07, 6.45) is 0.890. The van der Waals surface area contributed by atoms with Gasteiger partial charge in [-0.15, -0.1) is 0 Å². The fourth-order valence-electron chi connectivity index (χ4n) is 1.29. The van der Waals surface area contributed by atoms with Gasteiger partial charge < -0.3 is 15.7 Å². The van der Waals surface area contributed by atoms with Crippen molar-refractivity contribution in [3.8, 4) is 0 Å². The lowest BCUT2D eigenvalue weighted by Crippen LogP contribution is -2.33. The first-order chi connectivity index (χ1) is 8.90. The smallest absolute Gasteiger partial charge is 0.339 e. The van der Waals surface area contributed by atoms with Crippen LogP contribution >= 0.6 is 0 Å². The molecule has 104 valence electrons. The second-order valence-corrected chi connectivity index (χ2v) is 4.41. The SMILES string of the molecule is CC(C)CNC(=O)CNc1ncc(F)cc1C(=O)O. The van der Waals surface area contributed by atoms with E-state index in [0.717, 1.165) is 12.3 Å². The molecular weight excluding hydrogens is 253 g/mol. The number of carbonyl (C=O) groups excluding carboxylic acids is 1. The first kappa shape index (κ1) is 14.9. The molecule has 1 aromatic heterocycles. The summed E-state index contributed by atoms with van der Waals surface area (Å²) < 4.78 is 12.9. The quantitative estimate of drug-likeness (QED) is 0.719. The van der Waals surface area contributed by atoms with Gasteiger partial charge in [-0.3, -0.25) is 4.79 Å². The van der Waals surface area contributed by atoms with E-state index in [0.29, 0.717) is 12.5 Å². The summed E-state index contributed by atoms with van der Waals surface area (Å²) in [6.45, 7) is 4.32. The molecule has 0 radical (unpaired) electrons. The zero-order valence-corrected chi connectivity index (χ0v) is 10.7. The molecule has 1 heterocycles. The summed E-state index contributed by atoms with van der Waals surface area (Å²) in [7, 11) is 0. The van der Waals surface area contributed by atoms with Gasteiger partial charge >= 0.3 is 5.97 Å². The van der Waals surface area contributed by atoms with Gasteiger partial charge in [0.25, 0.3) is 0 Å². The Morgan fingerprint density at radius 3 is 2.74 bits per heavy atom. The van der Waals surface area contributed by atoms with Crippen LogP contribution in [-0.4, -0.2) is 35.1 Å². The van der Waals surface area contributed by atoms with Crippen molar-refractivity contribution < 1.29 is 19.1 Å². The van der Waals surface area contributed by atoms with Crippen LogP contribution in [0.3, 0.4) is 0 Å². The molecule has 0 aromatic carbocycles. The number of halogens is 1. The second kappa shape index (κ2) is 6.67. The topological polar surface area (TPSA) is 91.3 Å². The highest BCUT2D eigenvalue weighted by Gasteiger charge is 2.13. The average Bonchev–Trinajstić information content (AvgIpc) is 2.34. The van der Waals surface area contributed by atoms with E-state index >= 15 is 0 Å². The third kappa shape index (κ3) is 4.90. The molecular formula is C12H16FN3O3. The Kier molecular flexibility index (Phi) is 5.23. The predicted octanol–water partition coefficient (Wildman–Crippen LogP) is 1.10. The fourth-order valence-corrected chi connectivity index (χ4v) is 1.29. The zero-order chi connectivity index (χ0) is 14.4. The molecule has 0 aliphatic heterocycles. The van der Waals surface area contributed by atoms with Crippen LogP contribution in [0.4, 0.5) is 10.2 Å². The van der Waals surface area contributed by atoms with Crippen LogP contribution in [0.25, 0.3) is 0 Å². The van der Waals surface area contributed by atoms with Gasteiger partial charge in [-0.1, -0.05) is 13.8 Å². The van der Waals surface area contributed by atoms with E-state index in [9.17, 15) is 14.0 Å². The van der Waals surface area contributed by atoms with Crippen molar-refractivity contribution in [3.63, 3.8) is 0 Å². The Balaban J connectivity index is 2.62. The predicted molar refractivity (Wildman–Crippen MR) is 67.5 cm³/mol. The van der Waals surface area contributed by atoms with Gasteiger partial charge in [-0.25, -0.2) is 14.2 Å². The molecule has 19 heavy (non-hydrogen) atoms. The molecule has 1 amide bonds. The van der Waals surface area contributed by atoms with Crippen LogP contribution in [0.5, 0.6) is 0 Å². The number of nitrogens with one attached hydrogen (secondary N) is 2. The van der Waals surface area contributed by atoms with Gasteiger partial charge in [-0.2, -0.15) is 0 Å². The highest BCUT2D eigenvalue weighted by Crippen LogP contribution is 2.13. The summed E-state index contributed by atoms with van der Waals surface area (Å²) in [5.74, 6) is -2.04. The Hall–Kier alpha value is -2.18. The number of nitrogens with zero attached hydrogens (tertiary/aromatic N) is 1. The lowest BCUT2D eigenvalue weighted by atomic mass is 10.2. The van der Waals surface area contributed by atoms with Crippen molar-refractivity contribution in [2.75, 3.05) is 18.4 Å². The molecule has 7 heteroatoms. The van der Waals surface area contributed by atoms with Gasteiger partial charge in [0.2, 0.25) is 5.91 Å². The van der Waals surface area contributed by atoms with Crippen LogP contribution in [0.2, 0.25) is 0 Å². The van der Waals surface area contributed by atoms with Crippen molar-refractivity contribution >= 4 is 17.7 Å². The highest BCUT2D eigenvalue weighted by molar-refractivity contribution is 5.93. The number of aromatic carboxylic acids is 1. The molecule has 6 nitrogen and oxygen atoms in total. The minimum absolute atomic E-state index is 0.0337. The number of carbonyl (C=O) groups is 2. The maximum absolute atomic E-state index is 12.9. The minimum Gasteiger partial charge on any atom is -0.478 e. The molecule has 1 rings (SSSR count). The number of carboxylic acids is 1. The summed E-state index contributed by atoms with van der Waals surface area (Å²) >= 11 is 0. The molecule has 0 unspecified atom stereocenters. The maximum atomic E-state index is 12.9. The Bertz CT molecular complexity index is 477. The lowest BCUT2D eigenvalue weighted by Gasteiger charge is -2.10. The summed E-state index contributed by atoms with van der Waals surface area (Å²) in [5, 5.41) is 14.1. The average molecular weight is 269 g/mol. The number of anilines is 1.